The van der Waals surface area contributed by atoms with Gasteiger partial charge in [0.25, 0.3) is 0 Å². The Morgan fingerprint density at radius 2 is 2.28 bits per heavy atom. The van der Waals surface area contributed by atoms with Crippen LogP contribution in [0.3, 0.4) is 0 Å². The number of hydrogen-bond donors (Lipinski definition) is 2. The van der Waals surface area contributed by atoms with Crippen LogP contribution < -0.4 is 0 Å². The molecule has 0 radical (unpaired) electrons. The van der Waals surface area contributed by atoms with E-state index in [4.69, 9.17) is 5.11 Å². The number of thioether (sulfide) groups is 1. The van der Waals surface area contributed by atoms with Crippen LogP contribution >= 0.6 is 23.1 Å². The van der Waals surface area contributed by atoms with E-state index >= 15 is 0 Å². The second-order valence-corrected chi connectivity index (χ2v) is 5.60. The fraction of sp³-hybridized carbons (Fsp3) is 0.333. The zero-order valence-electron chi connectivity index (χ0n) is 9.69. The first-order valence-corrected chi connectivity index (χ1v) is 7.55. The minimum Gasteiger partial charge on any atom is -0.394 e. The number of rotatable bonds is 6. The Hall–Kier alpha value is -0.950. The van der Waals surface area contributed by atoms with Crippen molar-refractivity contribution in [2.24, 2.45) is 0 Å². The maximum atomic E-state index is 9.22. The standard InChI is InChI=1S/C12H14N2O2S2/c15-5-10(16)8-17-6-9-7-18-12(14-9)11-3-1-2-4-13-11/h1-4,7,10,15-16H,5-6,8H2. The molecule has 6 heteroatoms. The lowest BCUT2D eigenvalue weighted by Gasteiger charge is -2.04. The van der Waals surface area contributed by atoms with Crippen LogP contribution in [0.15, 0.2) is 29.8 Å². The third kappa shape index (κ3) is 3.78. The van der Waals surface area contributed by atoms with Gasteiger partial charge in [0.15, 0.2) is 0 Å². The normalized spacial score (nSPS) is 12.6. The highest BCUT2D eigenvalue weighted by atomic mass is 32.2. The predicted octanol–water partition coefficient (Wildman–Crippen LogP) is 1.79. The van der Waals surface area contributed by atoms with Gasteiger partial charge in [-0.1, -0.05) is 6.07 Å². The van der Waals surface area contributed by atoms with Gasteiger partial charge in [0.05, 0.1) is 24.1 Å². The molecule has 2 rings (SSSR count). The molecule has 0 aliphatic rings. The number of aliphatic hydroxyl groups is 2. The van der Waals surface area contributed by atoms with E-state index in [0.717, 1.165) is 22.1 Å². The average Bonchev–Trinajstić information content (AvgIpc) is 2.88. The van der Waals surface area contributed by atoms with Gasteiger partial charge in [0.2, 0.25) is 0 Å². The van der Waals surface area contributed by atoms with E-state index in [1.165, 1.54) is 0 Å². The van der Waals surface area contributed by atoms with Crippen molar-refractivity contribution in [2.45, 2.75) is 11.9 Å². The average molecular weight is 282 g/mol. The topological polar surface area (TPSA) is 66.2 Å². The lowest BCUT2D eigenvalue weighted by atomic mass is 10.4. The summed E-state index contributed by atoms with van der Waals surface area (Å²) in [5.74, 6) is 1.26. The summed E-state index contributed by atoms with van der Waals surface area (Å²) in [4.78, 5) is 8.75. The molecule has 1 atom stereocenters. The summed E-state index contributed by atoms with van der Waals surface area (Å²) in [6.07, 6.45) is 1.10. The van der Waals surface area contributed by atoms with Crippen LogP contribution in [0.2, 0.25) is 0 Å². The number of aliphatic hydroxyl groups excluding tert-OH is 2. The van der Waals surface area contributed by atoms with Gasteiger partial charge in [-0.15, -0.1) is 11.3 Å². The van der Waals surface area contributed by atoms with Gasteiger partial charge in [0, 0.05) is 23.1 Å². The van der Waals surface area contributed by atoms with E-state index in [1.807, 2.05) is 23.6 Å². The maximum absolute atomic E-state index is 9.22. The van der Waals surface area contributed by atoms with Crippen LogP contribution in [-0.2, 0) is 5.75 Å². The van der Waals surface area contributed by atoms with Crippen molar-refractivity contribution in [3.8, 4) is 10.7 Å². The van der Waals surface area contributed by atoms with E-state index in [9.17, 15) is 5.11 Å². The minimum atomic E-state index is -0.649. The molecule has 0 bridgehead atoms. The van der Waals surface area contributed by atoms with Gasteiger partial charge in [-0.2, -0.15) is 11.8 Å². The van der Waals surface area contributed by atoms with Gasteiger partial charge in [0.1, 0.15) is 5.01 Å². The van der Waals surface area contributed by atoms with Crippen LogP contribution in [0.25, 0.3) is 10.7 Å². The van der Waals surface area contributed by atoms with E-state index in [0.29, 0.717) is 5.75 Å². The van der Waals surface area contributed by atoms with E-state index in [2.05, 4.69) is 9.97 Å². The summed E-state index contributed by atoms with van der Waals surface area (Å²) in [5.41, 5.74) is 1.87. The first kappa shape index (κ1) is 13.5. The SMILES string of the molecule is OCC(O)CSCc1csc(-c2ccccn2)n1. The Morgan fingerprint density at radius 3 is 3.00 bits per heavy atom. The molecule has 18 heavy (non-hydrogen) atoms. The Balaban J connectivity index is 1.91. The second-order valence-electron chi connectivity index (χ2n) is 3.71. The fourth-order valence-corrected chi connectivity index (χ4v) is 3.09. The predicted molar refractivity (Wildman–Crippen MR) is 74.6 cm³/mol. The summed E-state index contributed by atoms with van der Waals surface area (Å²) in [5, 5.41) is 20.8. The van der Waals surface area contributed by atoms with E-state index < -0.39 is 6.10 Å². The van der Waals surface area contributed by atoms with Crippen LogP contribution in [0.4, 0.5) is 0 Å². The molecular weight excluding hydrogens is 268 g/mol. The maximum Gasteiger partial charge on any atom is 0.142 e. The number of hydrogen-bond acceptors (Lipinski definition) is 6. The van der Waals surface area contributed by atoms with Gasteiger partial charge in [-0.05, 0) is 12.1 Å². The lowest BCUT2D eigenvalue weighted by molar-refractivity contribution is 0.113. The Morgan fingerprint density at radius 1 is 1.39 bits per heavy atom. The monoisotopic (exact) mass is 282 g/mol. The number of aromatic nitrogens is 2. The van der Waals surface area contributed by atoms with Crippen LogP contribution in [0, 0.1) is 0 Å². The summed E-state index contributed by atoms with van der Waals surface area (Å²) in [6, 6.07) is 5.76. The summed E-state index contributed by atoms with van der Waals surface area (Å²) in [7, 11) is 0. The van der Waals surface area contributed by atoms with Crippen molar-refractivity contribution in [2.75, 3.05) is 12.4 Å². The van der Waals surface area contributed by atoms with Gasteiger partial charge in [-0.25, -0.2) is 4.98 Å². The largest absolute Gasteiger partial charge is 0.394 e. The first-order chi connectivity index (χ1) is 8.79. The molecule has 0 amide bonds. The minimum absolute atomic E-state index is 0.191. The molecule has 0 spiro atoms. The smallest absolute Gasteiger partial charge is 0.142 e. The van der Waals surface area contributed by atoms with Crippen molar-refractivity contribution < 1.29 is 10.2 Å². The Labute approximate surface area is 114 Å². The zero-order chi connectivity index (χ0) is 12.8. The van der Waals surface area contributed by atoms with Crippen molar-refractivity contribution in [1.82, 2.24) is 9.97 Å². The zero-order valence-corrected chi connectivity index (χ0v) is 11.3. The van der Waals surface area contributed by atoms with Gasteiger partial charge in [-0.3, -0.25) is 4.98 Å². The molecule has 0 saturated carbocycles. The van der Waals surface area contributed by atoms with E-state index in [-0.39, 0.29) is 6.61 Å². The van der Waals surface area contributed by atoms with Gasteiger partial charge >= 0.3 is 0 Å². The third-order valence-electron chi connectivity index (χ3n) is 2.21. The molecule has 96 valence electrons. The van der Waals surface area contributed by atoms with Crippen molar-refractivity contribution in [1.29, 1.82) is 0 Å². The molecule has 2 N–H and O–H groups in total. The molecule has 0 fully saturated rings. The Bertz CT molecular complexity index is 476. The molecule has 0 aliphatic carbocycles. The lowest BCUT2D eigenvalue weighted by Crippen LogP contribution is -2.14. The molecule has 2 heterocycles. The summed E-state index contributed by atoms with van der Waals surface area (Å²) < 4.78 is 0. The molecule has 2 aromatic heterocycles. The molecular formula is C12H14N2O2S2. The second kappa shape index (κ2) is 6.84. The third-order valence-corrected chi connectivity index (χ3v) is 4.24. The molecule has 0 aliphatic heterocycles. The number of thiazole rings is 1. The Kier molecular flexibility index (Phi) is 5.12. The molecule has 0 aromatic carbocycles. The molecule has 2 aromatic rings. The quantitative estimate of drug-likeness (QED) is 0.845. The van der Waals surface area contributed by atoms with Crippen molar-refractivity contribution in [3.05, 3.63) is 35.5 Å². The number of pyridine rings is 1. The van der Waals surface area contributed by atoms with E-state index in [1.54, 1.807) is 29.3 Å². The van der Waals surface area contributed by atoms with Gasteiger partial charge < -0.3 is 10.2 Å². The molecule has 0 saturated heterocycles. The highest BCUT2D eigenvalue weighted by Gasteiger charge is 2.07. The van der Waals surface area contributed by atoms with Crippen LogP contribution in [0.5, 0.6) is 0 Å². The summed E-state index contributed by atoms with van der Waals surface area (Å²) in [6.45, 7) is -0.191. The van der Waals surface area contributed by atoms with Crippen LogP contribution in [-0.4, -0.2) is 38.6 Å². The van der Waals surface area contributed by atoms with Crippen molar-refractivity contribution >= 4 is 23.1 Å². The highest BCUT2D eigenvalue weighted by Crippen LogP contribution is 2.23. The highest BCUT2D eigenvalue weighted by molar-refractivity contribution is 7.98. The number of nitrogens with zero attached hydrogens (tertiary/aromatic N) is 2. The molecule has 4 nitrogen and oxygen atoms in total. The van der Waals surface area contributed by atoms with Crippen molar-refractivity contribution in [3.63, 3.8) is 0 Å². The fourth-order valence-electron chi connectivity index (χ4n) is 1.33. The van der Waals surface area contributed by atoms with Crippen LogP contribution in [0.1, 0.15) is 5.69 Å². The molecule has 1 unspecified atom stereocenters. The first-order valence-electron chi connectivity index (χ1n) is 5.52. The summed E-state index contributed by atoms with van der Waals surface area (Å²) >= 11 is 3.13.